The Hall–Kier alpha value is -3.41. The van der Waals surface area contributed by atoms with Crippen LogP contribution < -0.4 is 10.1 Å². The van der Waals surface area contributed by atoms with Gasteiger partial charge in [-0.2, -0.15) is 13.5 Å². The summed E-state index contributed by atoms with van der Waals surface area (Å²) < 4.78 is 30.0. The lowest BCUT2D eigenvalue weighted by Gasteiger charge is -2.09. The van der Waals surface area contributed by atoms with E-state index in [-0.39, 0.29) is 11.6 Å². The van der Waals surface area contributed by atoms with Crippen molar-refractivity contribution in [3.63, 3.8) is 0 Å². The molecule has 3 aromatic rings. The summed E-state index contributed by atoms with van der Waals surface area (Å²) in [4.78, 5) is 27.0. The molecule has 1 atom stereocenters. The topological polar surface area (TPSA) is 112 Å². The Bertz CT molecular complexity index is 1030. The summed E-state index contributed by atoms with van der Waals surface area (Å²) in [6.07, 6.45) is 0. The largest absolute Gasteiger partial charge is 0.435 e. The molecule has 0 radical (unpaired) electrons. The lowest BCUT2D eigenvalue weighted by Crippen LogP contribution is -2.25. The average molecular weight is 423 g/mol. The number of amides is 1. The van der Waals surface area contributed by atoms with Crippen molar-refractivity contribution in [1.29, 1.82) is 0 Å². The van der Waals surface area contributed by atoms with E-state index < -0.39 is 23.5 Å². The molecule has 2 heterocycles. The number of hydrogen-bond acceptors (Lipinski definition) is 7. The highest BCUT2D eigenvalue weighted by molar-refractivity contribution is 7.14. The third-order valence-electron chi connectivity index (χ3n) is 3.95. The molecule has 1 N–H and O–H groups in total. The number of ether oxygens (including phenoxy) is 1. The number of nitrogens with one attached hydrogen (secondary N) is 1. The maximum atomic E-state index is 12.5. The first-order valence-electron chi connectivity index (χ1n) is 8.27. The summed E-state index contributed by atoms with van der Waals surface area (Å²) in [5.41, 5.74) is 1.69. The monoisotopic (exact) mass is 423 g/mol. The van der Waals surface area contributed by atoms with Gasteiger partial charge in [-0.25, -0.2) is 4.98 Å². The molecule has 0 fully saturated rings. The van der Waals surface area contributed by atoms with E-state index in [1.807, 2.05) is 0 Å². The third-order valence-corrected chi connectivity index (χ3v) is 4.71. The highest BCUT2D eigenvalue weighted by atomic mass is 32.1. The number of carbonyl (C=O) groups excluding carboxylic acids is 1. The standard InChI is InChI=1S/C17H15F2N5O4S/c1-9-7-14(24(26)27)22-23(9)10(2)15(25)21-17-20-13(8-29-17)11-3-5-12(6-4-11)28-16(18)19/h3-8,10,16H,1-2H3,(H,20,21,25). The highest BCUT2D eigenvalue weighted by Gasteiger charge is 2.25. The smallest absolute Gasteiger partial charge is 0.390 e. The van der Waals surface area contributed by atoms with Gasteiger partial charge in [0, 0.05) is 10.9 Å². The zero-order valence-electron chi connectivity index (χ0n) is 15.2. The SMILES string of the molecule is Cc1cc([N+](=O)[O-])nn1C(C)C(=O)Nc1nc(-c2ccc(OC(F)F)cc2)cs1. The van der Waals surface area contributed by atoms with Gasteiger partial charge < -0.3 is 20.2 Å². The van der Waals surface area contributed by atoms with Crippen molar-refractivity contribution in [3.05, 3.63) is 51.5 Å². The van der Waals surface area contributed by atoms with E-state index in [0.29, 0.717) is 22.1 Å². The van der Waals surface area contributed by atoms with Crippen LogP contribution in [0.15, 0.2) is 35.7 Å². The molecule has 0 aliphatic heterocycles. The van der Waals surface area contributed by atoms with Crippen molar-refractivity contribution in [2.75, 3.05) is 5.32 Å². The van der Waals surface area contributed by atoms with Crippen molar-refractivity contribution in [1.82, 2.24) is 14.8 Å². The van der Waals surface area contributed by atoms with Crippen molar-refractivity contribution in [2.24, 2.45) is 0 Å². The molecule has 152 valence electrons. The fraction of sp³-hybridized carbons (Fsp3) is 0.235. The predicted octanol–water partition coefficient (Wildman–Crippen LogP) is 4.02. The molecule has 12 heteroatoms. The number of thiazole rings is 1. The Labute approximate surface area is 167 Å². The van der Waals surface area contributed by atoms with Crippen LogP contribution in [-0.4, -0.2) is 32.2 Å². The van der Waals surface area contributed by atoms with Gasteiger partial charge in [0.15, 0.2) is 5.13 Å². The zero-order chi connectivity index (χ0) is 21.1. The second kappa shape index (κ2) is 8.31. The minimum Gasteiger partial charge on any atom is -0.435 e. The molecular formula is C17H15F2N5O4S. The Morgan fingerprint density at radius 1 is 1.34 bits per heavy atom. The van der Waals surface area contributed by atoms with E-state index in [0.717, 1.165) is 0 Å². The zero-order valence-corrected chi connectivity index (χ0v) is 16.0. The minimum atomic E-state index is -2.90. The predicted molar refractivity (Wildman–Crippen MR) is 101 cm³/mol. The number of halogens is 2. The van der Waals surface area contributed by atoms with Gasteiger partial charge in [0.05, 0.1) is 22.6 Å². The molecule has 1 amide bonds. The lowest BCUT2D eigenvalue weighted by atomic mass is 10.2. The van der Waals surface area contributed by atoms with Gasteiger partial charge in [0.1, 0.15) is 11.8 Å². The summed E-state index contributed by atoms with van der Waals surface area (Å²) >= 11 is 1.18. The number of carbonyl (C=O) groups is 1. The van der Waals surface area contributed by atoms with Crippen LogP contribution in [-0.2, 0) is 4.79 Å². The first-order chi connectivity index (χ1) is 13.7. The first kappa shape index (κ1) is 20.3. The van der Waals surface area contributed by atoms with E-state index in [2.05, 4.69) is 20.1 Å². The number of nitro groups is 1. The normalized spacial score (nSPS) is 12.0. The molecule has 2 aromatic heterocycles. The van der Waals surface area contributed by atoms with Crippen molar-refractivity contribution in [2.45, 2.75) is 26.5 Å². The molecule has 0 aliphatic rings. The molecule has 29 heavy (non-hydrogen) atoms. The van der Waals surface area contributed by atoms with Crippen molar-refractivity contribution >= 4 is 28.2 Å². The second-order valence-corrected chi connectivity index (χ2v) is 6.81. The van der Waals surface area contributed by atoms with Crippen LogP contribution in [0.4, 0.5) is 19.7 Å². The number of aromatic nitrogens is 3. The van der Waals surface area contributed by atoms with Gasteiger partial charge >= 0.3 is 12.4 Å². The quantitative estimate of drug-likeness (QED) is 0.454. The Kier molecular flexibility index (Phi) is 5.82. The van der Waals surface area contributed by atoms with Crippen molar-refractivity contribution in [3.8, 4) is 17.0 Å². The maximum Gasteiger partial charge on any atom is 0.390 e. The Morgan fingerprint density at radius 3 is 2.62 bits per heavy atom. The number of alkyl halides is 2. The molecule has 0 saturated carbocycles. The number of aryl methyl sites for hydroxylation is 1. The Morgan fingerprint density at radius 2 is 2.03 bits per heavy atom. The summed E-state index contributed by atoms with van der Waals surface area (Å²) in [5.74, 6) is -0.740. The lowest BCUT2D eigenvalue weighted by molar-refractivity contribution is -0.389. The van der Waals surface area contributed by atoms with Gasteiger partial charge in [-0.3, -0.25) is 4.79 Å². The van der Waals surface area contributed by atoms with Crippen LogP contribution in [0.1, 0.15) is 18.7 Å². The van der Waals surface area contributed by atoms with E-state index in [1.165, 1.54) is 34.2 Å². The molecule has 0 spiro atoms. The van der Waals surface area contributed by atoms with E-state index in [4.69, 9.17) is 0 Å². The highest BCUT2D eigenvalue weighted by Crippen LogP contribution is 2.27. The summed E-state index contributed by atoms with van der Waals surface area (Å²) in [5, 5.41) is 19.3. The van der Waals surface area contributed by atoms with Crippen molar-refractivity contribution < 1.29 is 23.2 Å². The minimum absolute atomic E-state index is 0.0324. The van der Waals surface area contributed by atoms with E-state index in [1.54, 1.807) is 31.4 Å². The van der Waals surface area contributed by atoms with E-state index >= 15 is 0 Å². The average Bonchev–Trinajstić information content (AvgIpc) is 3.28. The summed E-state index contributed by atoms with van der Waals surface area (Å²) in [6.45, 7) is 0.283. The van der Waals surface area contributed by atoms with E-state index in [9.17, 15) is 23.7 Å². The maximum absolute atomic E-state index is 12.5. The number of nitrogens with zero attached hydrogens (tertiary/aromatic N) is 4. The van der Waals surface area contributed by atoms with Crippen LogP contribution in [0, 0.1) is 17.0 Å². The van der Waals surface area contributed by atoms with Gasteiger partial charge in [-0.1, -0.05) is 0 Å². The van der Waals surface area contributed by atoms with Gasteiger partial charge in [0.25, 0.3) is 5.91 Å². The fourth-order valence-corrected chi connectivity index (χ4v) is 3.27. The Balaban J connectivity index is 1.69. The second-order valence-electron chi connectivity index (χ2n) is 5.95. The molecule has 0 saturated heterocycles. The van der Waals surface area contributed by atoms with Gasteiger partial charge in [0.2, 0.25) is 0 Å². The summed E-state index contributed by atoms with van der Waals surface area (Å²) in [6, 6.07) is 6.44. The molecule has 0 aliphatic carbocycles. The molecular weight excluding hydrogens is 408 g/mol. The van der Waals surface area contributed by atoms with Crippen LogP contribution in [0.2, 0.25) is 0 Å². The van der Waals surface area contributed by atoms with Crippen LogP contribution in [0.5, 0.6) is 5.75 Å². The number of rotatable bonds is 7. The molecule has 1 unspecified atom stereocenters. The third kappa shape index (κ3) is 4.71. The molecule has 1 aromatic carbocycles. The van der Waals surface area contributed by atoms with Gasteiger partial charge in [-0.15, -0.1) is 11.3 Å². The van der Waals surface area contributed by atoms with Gasteiger partial charge in [-0.05, 0) is 43.0 Å². The first-order valence-corrected chi connectivity index (χ1v) is 9.14. The van der Waals surface area contributed by atoms with Crippen LogP contribution >= 0.6 is 11.3 Å². The number of anilines is 1. The molecule has 9 nitrogen and oxygen atoms in total. The fourth-order valence-electron chi connectivity index (χ4n) is 2.54. The summed E-state index contributed by atoms with van der Waals surface area (Å²) in [7, 11) is 0. The van der Waals surface area contributed by atoms with Crippen LogP contribution in [0.3, 0.4) is 0 Å². The molecule has 3 rings (SSSR count). The van der Waals surface area contributed by atoms with Crippen LogP contribution in [0.25, 0.3) is 11.3 Å². The number of hydrogen-bond donors (Lipinski definition) is 1. The molecule has 0 bridgehead atoms. The number of benzene rings is 1.